The number of aliphatic hydroxyl groups excluding tert-OH is 1. The maximum atomic E-state index is 10.8. The Kier molecular flexibility index (Phi) is 3.09. The van der Waals surface area contributed by atoms with Crippen LogP contribution in [0.5, 0.6) is 0 Å². The van der Waals surface area contributed by atoms with Gasteiger partial charge in [-0.05, 0) is 33.1 Å². The lowest BCUT2D eigenvalue weighted by molar-refractivity contribution is -0.128. The molecule has 0 spiro atoms. The first-order chi connectivity index (χ1) is 5.92. The van der Waals surface area contributed by atoms with Gasteiger partial charge in [0, 0.05) is 12.8 Å². The van der Waals surface area contributed by atoms with Gasteiger partial charge in [-0.2, -0.15) is 0 Å². The van der Waals surface area contributed by atoms with Gasteiger partial charge in [0.2, 0.25) is 0 Å². The average Bonchev–Trinajstić information content (AvgIpc) is 2.19. The van der Waals surface area contributed by atoms with Gasteiger partial charge in [0.25, 0.3) is 0 Å². The number of Topliss-reactive ketones (excluding diaryl/α,β-unsaturated/α-hetero) is 1. The highest BCUT2D eigenvalue weighted by Gasteiger charge is 2.40. The Hall–Kier alpha value is -0.410. The summed E-state index contributed by atoms with van der Waals surface area (Å²) in [5, 5.41) is 9.29. The van der Waals surface area contributed by atoms with Crippen LogP contribution in [0.25, 0.3) is 0 Å². The third-order valence-electron chi connectivity index (χ3n) is 2.75. The van der Waals surface area contributed by atoms with E-state index in [9.17, 15) is 9.90 Å². The molecule has 1 rings (SSSR count). The summed E-state index contributed by atoms with van der Waals surface area (Å²) in [5.41, 5.74) is -0.283. The largest absolute Gasteiger partial charge is 0.368 e. The molecule has 0 amide bonds. The van der Waals surface area contributed by atoms with Crippen LogP contribution in [-0.4, -0.2) is 22.8 Å². The molecule has 3 heteroatoms. The van der Waals surface area contributed by atoms with Crippen molar-refractivity contribution >= 4 is 5.78 Å². The molecule has 1 N–H and O–H groups in total. The van der Waals surface area contributed by atoms with Crippen molar-refractivity contribution in [3.8, 4) is 0 Å². The van der Waals surface area contributed by atoms with Crippen molar-refractivity contribution in [3.63, 3.8) is 0 Å². The van der Waals surface area contributed by atoms with Crippen molar-refractivity contribution in [1.29, 1.82) is 0 Å². The normalized spacial score (nSPS) is 32.0. The van der Waals surface area contributed by atoms with Crippen LogP contribution < -0.4 is 0 Å². The molecule has 0 radical (unpaired) electrons. The van der Waals surface area contributed by atoms with E-state index < -0.39 is 6.29 Å². The zero-order valence-corrected chi connectivity index (χ0v) is 8.54. The predicted octanol–water partition coefficient (Wildman–Crippen LogP) is 1.49. The number of carbonyl (C=O) groups is 1. The number of hydrogen-bond donors (Lipinski definition) is 1. The van der Waals surface area contributed by atoms with Crippen LogP contribution in [0.1, 0.15) is 40.0 Å². The molecule has 13 heavy (non-hydrogen) atoms. The van der Waals surface area contributed by atoms with E-state index in [1.165, 1.54) is 0 Å². The molecule has 76 valence electrons. The lowest BCUT2D eigenvalue weighted by Gasteiger charge is -2.24. The summed E-state index contributed by atoms with van der Waals surface area (Å²) in [7, 11) is 0. The zero-order valence-electron chi connectivity index (χ0n) is 8.54. The molecule has 0 aromatic rings. The summed E-state index contributed by atoms with van der Waals surface area (Å²) in [6, 6.07) is 0. The third kappa shape index (κ3) is 2.78. The van der Waals surface area contributed by atoms with E-state index in [-0.39, 0.29) is 11.4 Å². The first kappa shape index (κ1) is 10.7. The molecule has 2 unspecified atom stereocenters. The molecule has 1 fully saturated rings. The molecule has 0 aromatic heterocycles. The maximum absolute atomic E-state index is 10.8. The van der Waals surface area contributed by atoms with Crippen LogP contribution in [0.3, 0.4) is 0 Å². The van der Waals surface area contributed by atoms with Gasteiger partial charge in [0.1, 0.15) is 5.78 Å². The van der Waals surface area contributed by atoms with E-state index in [0.29, 0.717) is 18.8 Å². The number of hydrogen-bond acceptors (Lipinski definition) is 3. The average molecular weight is 186 g/mol. The van der Waals surface area contributed by atoms with Gasteiger partial charge in [-0.3, -0.25) is 0 Å². The smallest absolute Gasteiger partial charge is 0.155 e. The van der Waals surface area contributed by atoms with Crippen molar-refractivity contribution in [2.45, 2.75) is 51.9 Å². The van der Waals surface area contributed by atoms with Crippen LogP contribution in [0.2, 0.25) is 0 Å². The first-order valence-electron chi connectivity index (χ1n) is 4.77. The van der Waals surface area contributed by atoms with Gasteiger partial charge >= 0.3 is 0 Å². The Morgan fingerprint density at radius 3 is 2.62 bits per heavy atom. The molecular formula is C10H18O3. The molecule has 2 atom stereocenters. The summed E-state index contributed by atoms with van der Waals surface area (Å²) in [6.45, 7) is 5.53. The molecule has 1 aliphatic rings. The highest BCUT2D eigenvalue weighted by atomic mass is 16.6. The summed E-state index contributed by atoms with van der Waals surface area (Å²) in [5.74, 6) is 0.503. The van der Waals surface area contributed by atoms with Crippen molar-refractivity contribution in [2.75, 3.05) is 0 Å². The Morgan fingerprint density at radius 2 is 2.23 bits per heavy atom. The van der Waals surface area contributed by atoms with Gasteiger partial charge in [-0.15, -0.1) is 0 Å². The van der Waals surface area contributed by atoms with E-state index >= 15 is 0 Å². The molecule has 0 saturated carbocycles. The topological polar surface area (TPSA) is 46.5 Å². The van der Waals surface area contributed by atoms with Crippen LogP contribution in [0.4, 0.5) is 0 Å². The minimum Gasteiger partial charge on any atom is -0.368 e. The highest BCUT2D eigenvalue weighted by molar-refractivity contribution is 5.75. The van der Waals surface area contributed by atoms with Crippen LogP contribution >= 0.6 is 0 Å². The van der Waals surface area contributed by atoms with Gasteiger partial charge in [0.15, 0.2) is 6.29 Å². The van der Waals surface area contributed by atoms with E-state index in [1.807, 2.05) is 13.8 Å². The lowest BCUT2D eigenvalue weighted by Crippen LogP contribution is -2.28. The van der Waals surface area contributed by atoms with Crippen molar-refractivity contribution < 1.29 is 14.6 Å². The minimum atomic E-state index is -0.646. The van der Waals surface area contributed by atoms with Crippen molar-refractivity contribution in [2.24, 2.45) is 5.92 Å². The SMILES string of the molecule is CC(=O)CCC1CC(O)OC1(C)C. The Balaban J connectivity index is 2.45. The second-order valence-electron chi connectivity index (χ2n) is 4.35. The number of aliphatic hydroxyl groups is 1. The van der Waals surface area contributed by atoms with Gasteiger partial charge < -0.3 is 14.6 Å². The second-order valence-corrected chi connectivity index (χ2v) is 4.35. The van der Waals surface area contributed by atoms with E-state index in [2.05, 4.69) is 0 Å². The summed E-state index contributed by atoms with van der Waals surface area (Å²) >= 11 is 0. The molecule has 3 nitrogen and oxygen atoms in total. The monoisotopic (exact) mass is 186 g/mol. The highest BCUT2D eigenvalue weighted by Crippen LogP contribution is 2.37. The summed E-state index contributed by atoms with van der Waals surface area (Å²) in [6.07, 6.45) is 1.41. The Morgan fingerprint density at radius 1 is 1.62 bits per heavy atom. The van der Waals surface area contributed by atoms with Crippen molar-refractivity contribution in [1.82, 2.24) is 0 Å². The minimum absolute atomic E-state index is 0.206. The fourth-order valence-corrected chi connectivity index (χ4v) is 1.87. The third-order valence-corrected chi connectivity index (χ3v) is 2.75. The van der Waals surface area contributed by atoms with Crippen molar-refractivity contribution in [3.05, 3.63) is 0 Å². The quantitative estimate of drug-likeness (QED) is 0.726. The van der Waals surface area contributed by atoms with E-state index in [0.717, 1.165) is 6.42 Å². The fourth-order valence-electron chi connectivity index (χ4n) is 1.87. The molecule has 1 heterocycles. The van der Waals surface area contributed by atoms with Crippen LogP contribution in [0, 0.1) is 5.92 Å². The van der Waals surface area contributed by atoms with Gasteiger partial charge in [-0.1, -0.05) is 0 Å². The summed E-state index contributed by atoms with van der Waals surface area (Å²) < 4.78 is 5.34. The molecular weight excluding hydrogens is 168 g/mol. The van der Waals surface area contributed by atoms with Crippen LogP contribution in [0.15, 0.2) is 0 Å². The number of ketones is 1. The molecule has 0 aliphatic carbocycles. The lowest BCUT2D eigenvalue weighted by atomic mass is 9.86. The van der Waals surface area contributed by atoms with Gasteiger partial charge in [-0.25, -0.2) is 0 Å². The van der Waals surface area contributed by atoms with Gasteiger partial charge in [0.05, 0.1) is 5.60 Å². The van der Waals surface area contributed by atoms with Crippen LogP contribution in [-0.2, 0) is 9.53 Å². The maximum Gasteiger partial charge on any atom is 0.155 e. The van der Waals surface area contributed by atoms with E-state index in [4.69, 9.17) is 4.74 Å². The number of ether oxygens (including phenoxy) is 1. The Bertz CT molecular complexity index is 198. The van der Waals surface area contributed by atoms with E-state index in [1.54, 1.807) is 6.92 Å². The first-order valence-corrected chi connectivity index (χ1v) is 4.77. The second kappa shape index (κ2) is 3.76. The molecule has 0 bridgehead atoms. The number of rotatable bonds is 3. The fraction of sp³-hybridized carbons (Fsp3) is 0.900. The summed E-state index contributed by atoms with van der Waals surface area (Å²) in [4.78, 5) is 10.8. The molecule has 0 aromatic carbocycles. The number of carbonyl (C=O) groups excluding carboxylic acids is 1. The molecule has 1 saturated heterocycles. The molecule has 1 aliphatic heterocycles. The predicted molar refractivity (Wildman–Crippen MR) is 49.2 cm³/mol. The zero-order chi connectivity index (χ0) is 10.1. The Labute approximate surface area is 79.1 Å². The standard InChI is InChI=1S/C10H18O3/c1-7(11)4-5-8-6-9(12)13-10(8,2)3/h8-9,12H,4-6H2,1-3H3.